The molecule has 0 fully saturated rings. The van der Waals surface area contributed by atoms with E-state index in [0.717, 1.165) is 17.7 Å². The summed E-state index contributed by atoms with van der Waals surface area (Å²) >= 11 is 0. The van der Waals surface area contributed by atoms with Crippen LogP contribution in [0, 0.1) is 0 Å². The van der Waals surface area contributed by atoms with Gasteiger partial charge in [0.15, 0.2) is 0 Å². The van der Waals surface area contributed by atoms with E-state index < -0.39 is 11.7 Å². The summed E-state index contributed by atoms with van der Waals surface area (Å²) in [4.78, 5) is 6.13. The molecule has 2 heterocycles. The maximum absolute atomic E-state index is 12.8. The lowest BCUT2D eigenvalue weighted by molar-refractivity contribution is -0.137. The average Bonchev–Trinajstić information content (AvgIpc) is 3.16. The summed E-state index contributed by atoms with van der Waals surface area (Å²) < 4.78 is 45.2. The Bertz CT molecular complexity index is 855. The first kappa shape index (κ1) is 17.2. The number of nitrogens with zero attached hydrogens (tertiary/aromatic N) is 5. The summed E-state index contributed by atoms with van der Waals surface area (Å²) in [6.07, 6.45) is -0.747. The maximum atomic E-state index is 12.8. The van der Waals surface area contributed by atoms with Crippen molar-refractivity contribution < 1.29 is 17.7 Å². The number of alkyl halides is 3. The molecule has 0 amide bonds. The van der Waals surface area contributed by atoms with Gasteiger partial charge in [-0.3, -0.25) is 9.58 Å². The molecule has 0 aliphatic rings. The zero-order chi connectivity index (χ0) is 18.0. The molecule has 0 atom stereocenters. The first-order chi connectivity index (χ1) is 11.8. The second-order valence-corrected chi connectivity index (χ2v) is 5.78. The Labute approximate surface area is 141 Å². The second kappa shape index (κ2) is 6.67. The molecule has 25 heavy (non-hydrogen) atoms. The molecule has 6 nitrogen and oxygen atoms in total. The highest BCUT2D eigenvalue weighted by Crippen LogP contribution is 2.31. The van der Waals surface area contributed by atoms with Gasteiger partial charge in [0.1, 0.15) is 0 Å². The maximum Gasteiger partial charge on any atom is 0.416 e. The van der Waals surface area contributed by atoms with Crippen molar-refractivity contribution in [2.75, 3.05) is 7.05 Å². The van der Waals surface area contributed by atoms with Crippen LogP contribution < -0.4 is 0 Å². The van der Waals surface area contributed by atoms with E-state index in [2.05, 4.69) is 15.2 Å². The third-order valence-corrected chi connectivity index (χ3v) is 3.53. The molecule has 0 spiro atoms. The average molecular weight is 351 g/mol. The molecule has 0 saturated heterocycles. The van der Waals surface area contributed by atoms with Gasteiger partial charge in [0.25, 0.3) is 0 Å². The molecular weight excluding hydrogens is 335 g/mol. The Morgan fingerprint density at radius 3 is 2.72 bits per heavy atom. The molecule has 0 N–H and O–H groups in total. The van der Waals surface area contributed by atoms with Crippen molar-refractivity contribution in [2.45, 2.75) is 19.3 Å². The van der Waals surface area contributed by atoms with Crippen LogP contribution in [0.2, 0.25) is 0 Å². The summed E-state index contributed by atoms with van der Waals surface area (Å²) in [5.74, 6) is 0.467. The van der Waals surface area contributed by atoms with Crippen LogP contribution >= 0.6 is 0 Å². The van der Waals surface area contributed by atoms with Crippen LogP contribution in [0.5, 0.6) is 0 Å². The van der Waals surface area contributed by atoms with E-state index in [1.807, 2.05) is 25.2 Å². The predicted molar refractivity (Wildman–Crippen MR) is 83.1 cm³/mol. The van der Waals surface area contributed by atoms with E-state index >= 15 is 0 Å². The number of rotatable bonds is 5. The van der Waals surface area contributed by atoms with Crippen LogP contribution in [-0.4, -0.2) is 31.9 Å². The topological polar surface area (TPSA) is 60.0 Å². The molecule has 9 heteroatoms. The molecule has 132 valence electrons. The van der Waals surface area contributed by atoms with E-state index in [1.165, 1.54) is 12.1 Å². The van der Waals surface area contributed by atoms with Crippen molar-refractivity contribution in [3.05, 3.63) is 53.7 Å². The summed E-state index contributed by atoms with van der Waals surface area (Å²) in [6.45, 7) is 1.01. The van der Waals surface area contributed by atoms with Crippen LogP contribution in [0.3, 0.4) is 0 Å². The number of benzene rings is 1. The molecule has 0 saturated carbocycles. The molecular formula is C16H16F3N5O. The number of halogens is 3. The standard InChI is InChI=1S/C16H16F3N5O/c1-23(8-11-7-20-24(2)9-11)10-14-21-15(22-25-14)12-4-3-5-13(6-12)16(17,18)19/h3-7,9H,8,10H2,1-2H3. The third kappa shape index (κ3) is 4.24. The fourth-order valence-electron chi connectivity index (χ4n) is 2.42. The van der Waals surface area contributed by atoms with Crippen LogP contribution in [0.25, 0.3) is 11.4 Å². The van der Waals surface area contributed by atoms with E-state index in [1.54, 1.807) is 10.9 Å². The van der Waals surface area contributed by atoms with Gasteiger partial charge in [-0.25, -0.2) is 0 Å². The highest BCUT2D eigenvalue weighted by Gasteiger charge is 2.30. The molecule has 0 bridgehead atoms. The van der Waals surface area contributed by atoms with Crippen LogP contribution in [0.15, 0.2) is 41.2 Å². The smallest absolute Gasteiger partial charge is 0.338 e. The molecule has 1 aromatic carbocycles. The lowest BCUT2D eigenvalue weighted by Crippen LogP contribution is -2.17. The van der Waals surface area contributed by atoms with E-state index in [-0.39, 0.29) is 11.4 Å². The summed E-state index contributed by atoms with van der Waals surface area (Å²) in [7, 11) is 3.71. The van der Waals surface area contributed by atoms with Gasteiger partial charge >= 0.3 is 6.18 Å². The second-order valence-electron chi connectivity index (χ2n) is 5.78. The fourth-order valence-corrected chi connectivity index (χ4v) is 2.42. The first-order valence-electron chi connectivity index (χ1n) is 7.47. The zero-order valence-electron chi connectivity index (χ0n) is 13.7. The highest BCUT2D eigenvalue weighted by atomic mass is 19.4. The largest absolute Gasteiger partial charge is 0.416 e. The minimum Gasteiger partial charge on any atom is -0.338 e. The minimum absolute atomic E-state index is 0.135. The molecule has 3 rings (SSSR count). The SMILES string of the molecule is CN(Cc1cnn(C)c1)Cc1nc(-c2cccc(C(F)(F)F)c2)no1. The van der Waals surface area contributed by atoms with Crippen molar-refractivity contribution in [1.29, 1.82) is 0 Å². The van der Waals surface area contributed by atoms with E-state index in [4.69, 9.17) is 4.52 Å². The van der Waals surface area contributed by atoms with E-state index in [9.17, 15) is 13.2 Å². The quantitative estimate of drug-likeness (QED) is 0.707. The van der Waals surface area contributed by atoms with Crippen molar-refractivity contribution in [3.63, 3.8) is 0 Å². The lowest BCUT2D eigenvalue weighted by atomic mass is 10.1. The Balaban J connectivity index is 1.70. The Morgan fingerprint density at radius 1 is 1.24 bits per heavy atom. The molecule has 0 unspecified atom stereocenters. The van der Waals surface area contributed by atoms with Gasteiger partial charge in [0, 0.05) is 30.9 Å². The normalized spacial score (nSPS) is 12.1. The van der Waals surface area contributed by atoms with Gasteiger partial charge in [-0.2, -0.15) is 23.3 Å². The molecule has 0 aliphatic carbocycles. The lowest BCUT2D eigenvalue weighted by Gasteiger charge is -2.12. The monoisotopic (exact) mass is 351 g/mol. The first-order valence-corrected chi connectivity index (χ1v) is 7.47. The van der Waals surface area contributed by atoms with Gasteiger partial charge in [0.05, 0.1) is 18.3 Å². The van der Waals surface area contributed by atoms with E-state index in [0.29, 0.717) is 19.0 Å². The highest BCUT2D eigenvalue weighted by molar-refractivity contribution is 5.55. The minimum atomic E-state index is -4.41. The van der Waals surface area contributed by atoms with Crippen LogP contribution in [0.1, 0.15) is 17.0 Å². The third-order valence-electron chi connectivity index (χ3n) is 3.53. The summed E-state index contributed by atoms with van der Waals surface area (Å²) in [5.41, 5.74) is 0.549. The van der Waals surface area contributed by atoms with Crippen molar-refractivity contribution in [1.82, 2.24) is 24.8 Å². The Hall–Kier alpha value is -2.68. The zero-order valence-corrected chi connectivity index (χ0v) is 13.7. The van der Waals surface area contributed by atoms with Gasteiger partial charge in [-0.15, -0.1) is 0 Å². The number of hydrogen-bond acceptors (Lipinski definition) is 5. The summed E-state index contributed by atoms with van der Waals surface area (Å²) in [5, 5.41) is 7.87. The molecule has 0 aliphatic heterocycles. The van der Waals surface area contributed by atoms with Crippen LogP contribution in [0.4, 0.5) is 13.2 Å². The molecule has 0 radical (unpaired) electrons. The van der Waals surface area contributed by atoms with Gasteiger partial charge in [-0.05, 0) is 19.2 Å². The molecule has 3 aromatic rings. The number of aryl methyl sites for hydroxylation is 1. The van der Waals surface area contributed by atoms with Gasteiger partial charge < -0.3 is 4.52 Å². The van der Waals surface area contributed by atoms with Crippen LogP contribution in [-0.2, 0) is 26.3 Å². The van der Waals surface area contributed by atoms with Crippen molar-refractivity contribution >= 4 is 0 Å². The Kier molecular flexibility index (Phi) is 4.58. The predicted octanol–water partition coefficient (Wildman–Crippen LogP) is 3.12. The van der Waals surface area contributed by atoms with Gasteiger partial charge in [0.2, 0.25) is 11.7 Å². The fraction of sp³-hybridized carbons (Fsp3) is 0.312. The molecule has 2 aromatic heterocycles. The number of hydrogen-bond donors (Lipinski definition) is 0. The van der Waals surface area contributed by atoms with Crippen molar-refractivity contribution in [3.8, 4) is 11.4 Å². The van der Waals surface area contributed by atoms with Crippen molar-refractivity contribution in [2.24, 2.45) is 7.05 Å². The number of aromatic nitrogens is 4. The van der Waals surface area contributed by atoms with Gasteiger partial charge in [-0.1, -0.05) is 17.3 Å². The summed E-state index contributed by atoms with van der Waals surface area (Å²) in [6, 6.07) is 4.85. The Morgan fingerprint density at radius 2 is 2.04 bits per heavy atom.